The molecule has 2 aromatic carbocycles. The van der Waals surface area contributed by atoms with Gasteiger partial charge in [-0.05, 0) is 53.3 Å². The number of nitrogens with one attached hydrogen (secondary N) is 1. The van der Waals surface area contributed by atoms with E-state index in [9.17, 15) is 9.18 Å². The van der Waals surface area contributed by atoms with E-state index in [1.165, 1.54) is 12.1 Å². The van der Waals surface area contributed by atoms with Crippen LogP contribution in [0.25, 0.3) is 0 Å². The van der Waals surface area contributed by atoms with Crippen molar-refractivity contribution in [2.75, 3.05) is 6.61 Å². The van der Waals surface area contributed by atoms with Crippen molar-refractivity contribution in [2.24, 2.45) is 0 Å². The van der Waals surface area contributed by atoms with E-state index in [-0.39, 0.29) is 24.4 Å². The van der Waals surface area contributed by atoms with Crippen molar-refractivity contribution in [3.05, 3.63) is 87.9 Å². The molecular weight excluding hydrogens is 349 g/mol. The second-order valence-electron chi connectivity index (χ2n) is 5.86. The fraction of sp³-hybridized carbons (Fsp3) is 0.190. The van der Waals surface area contributed by atoms with E-state index in [0.717, 1.165) is 22.4 Å². The summed E-state index contributed by atoms with van der Waals surface area (Å²) in [5.74, 6) is 0.146. The number of halogens is 1. The van der Waals surface area contributed by atoms with Crippen LogP contribution in [0.15, 0.2) is 66.0 Å². The van der Waals surface area contributed by atoms with Crippen molar-refractivity contribution in [3.63, 3.8) is 0 Å². The van der Waals surface area contributed by atoms with Gasteiger partial charge < -0.3 is 10.1 Å². The summed E-state index contributed by atoms with van der Waals surface area (Å²) in [5.41, 5.74) is 1.99. The minimum atomic E-state index is -0.325. The summed E-state index contributed by atoms with van der Waals surface area (Å²) in [6.07, 6.45) is 0.911. The monoisotopic (exact) mass is 369 g/mol. The number of ether oxygens (including phenoxy) is 1. The molecule has 1 heterocycles. The molecular formula is C21H20FNO2S. The van der Waals surface area contributed by atoms with Crippen LogP contribution in [-0.2, 0) is 11.2 Å². The van der Waals surface area contributed by atoms with Crippen molar-refractivity contribution in [1.82, 2.24) is 5.32 Å². The highest BCUT2D eigenvalue weighted by Gasteiger charge is 2.18. The average molecular weight is 369 g/mol. The summed E-state index contributed by atoms with van der Waals surface area (Å²) in [4.78, 5) is 13.4. The first-order valence-electron chi connectivity index (χ1n) is 8.45. The van der Waals surface area contributed by atoms with Crippen molar-refractivity contribution in [3.8, 4) is 5.75 Å². The van der Waals surface area contributed by atoms with E-state index >= 15 is 0 Å². The van der Waals surface area contributed by atoms with E-state index in [1.54, 1.807) is 23.5 Å². The zero-order chi connectivity index (χ0) is 18.4. The fourth-order valence-electron chi connectivity index (χ4n) is 2.64. The quantitative estimate of drug-likeness (QED) is 0.654. The Balaban J connectivity index is 1.68. The largest absolute Gasteiger partial charge is 0.484 e. The minimum Gasteiger partial charge on any atom is -0.484 e. The average Bonchev–Trinajstić information content (AvgIpc) is 3.20. The second-order valence-corrected chi connectivity index (χ2v) is 6.84. The van der Waals surface area contributed by atoms with Gasteiger partial charge in [0, 0.05) is 4.88 Å². The van der Waals surface area contributed by atoms with Crippen molar-refractivity contribution in [2.45, 2.75) is 19.4 Å². The fourth-order valence-corrected chi connectivity index (χ4v) is 3.44. The number of benzene rings is 2. The maximum absolute atomic E-state index is 13.2. The smallest absolute Gasteiger partial charge is 0.258 e. The highest BCUT2D eigenvalue weighted by Crippen LogP contribution is 2.26. The van der Waals surface area contributed by atoms with Crippen molar-refractivity contribution < 1.29 is 13.9 Å². The number of amides is 1. The molecule has 0 bridgehead atoms. The van der Waals surface area contributed by atoms with Crippen LogP contribution < -0.4 is 10.1 Å². The lowest BCUT2D eigenvalue weighted by atomic mass is 10.1. The summed E-state index contributed by atoms with van der Waals surface area (Å²) in [6.45, 7) is 2.00. The molecule has 1 atom stereocenters. The molecule has 1 N–H and O–H groups in total. The predicted molar refractivity (Wildman–Crippen MR) is 102 cm³/mol. The molecule has 0 saturated heterocycles. The third-order valence-electron chi connectivity index (χ3n) is 4.01. The first kappa shape index (κ1) is 18.1. The lowest BCUT2D eigenvalue weighted by molar-refractivity contribution is -0.123. The Bertz CT molecular complexity index is 847. The lowest BCUT2D eigenvalue weighted by Gasteiger charge is -2.18. The summed E-state index contributed by atoms with van der Waals surface area (Å²) >= 11 is 1.54. The number of thiophene rings is 1. The number of carbonyl (C=O) groups excluding carboxylic acids is 1. The Morgan fingerprint density at radius 2 is 1.96 bits per heavy atom. The normalized spacial score (nSPS) is 11.8. The van der Waals surface area contributed by atoms with Gasteiger partial charge in [0.15, 0.2) is 6.61 Å². The molecule has 1 amide bonds. The number of hydrogen-bond donors (Lipinski definition) is 1. The molecule has 3 rings (SSSR count). The molecule has 0 spiro atoms. The molecule has 0 saturated carbocycles. The molecule has 134 valence electrons. The molecule has 3 aromatic rings. The van der Waals surface area contributed by atoms with Crippen LogP contribution in [0.5, 0.6) is 5.75 Å². The third kappa shape index (κ3) is 4.70. The maximum Gasteiger partial charge on any atom is 0.258 e. The zero-order valence-corrected chi connectivity index (χ0v) is 15.3. The van der Waals surface area contributed by atoms with Crippen molar-refractivity contribution >= 4 is 17.2 Å². The molecule has 0 fully saturated rings. The summed E-state index contributed by atoms with van der Waals surface area (Å²) < 4.78 is 18.8. The second kappa shape index (κ2) is 8.63. The Morgan fingerprint density at radius 3 is 2.65 bits per heavy atom. The Kier molecular flexibility index (Phi) is 6.02. The van der Waals surface area contributed by atoms with Gasteiger partial charge in [0.1, 0.15) is 11.6 Å². The Labute approximate surface area is 156 Å². The van der Waals surface area contributed by atoms with Gasteiger partial charge in [0.05, 0.1) is 6.04 Å². The molecule has 0 aliphatic rings. The lowest BCUT2D eigenvalue weighted by Crippen LogP contribution is -2.32. The maximum atomic E-state index is 13.2. The van der Waals surface area contributed by atoms with Crippen LogP contribution in [-0.4, -0.2) is 12.5 Å². The van der Waals surface area contributed by atoms with Gasteiger partial charge >= 0.3 is 0 Å². The van der Waals surface area contributed by atoms with Gasteiger partial charge in [0.2, 0.25) is 0 Å². The van der Waals surface area contributed by atoms with Gasteiger partial charge in [-0.15, -0.1) is 11.3 Å². The van der Waals surface area contributed by atoms with Gasteiger partial charge in [-0.25, -0.2) is 4.39 Å². The SMILES string of the molecule is CCc1cccc(OCC(=O)NC(c2ccc(F)cc2)c2cccs2)c1. The van der Waals surface area contributed by atoms with Crippen LogP contribution in [0.3, 0.4) is 0 Å². The first-order chi connectivity index (χ1) is 12.7. The van der Waals surface area contributed by atoms with Crippen LogP contribution in [0.4, 0.5) is 4.39 Å². The van der Waals surface area contributed by atoms with Gasteiger partial charge in [0.25, 0.3) is 5.91 Å². The molecule has 5 heteroatoms. The van der Waals surface area contributed by atoms with Crippen LogP contribution in [0, 0.1) is 5.82 Å². The van der Waals surface area contributed by atoms with Crippen LogP contribution in [0.1, 0.15) is 29.0 Å². The Hall–Kier alpha value is -2.66. The summed E-state index contributed by atoms with van der Waals surface area (Å²) in [5, 5.41) is 4.93. The molecule has 26 heavy (non-hydrogen) atoms. The Morgan fingerprint density at radius 1 is 1.15 bits per heavy atom. The molecule has 0 aliphatic heterocycles. The standard InChI is InChI=1S/C21H20FNO2S/c1-2-15-5-3-6-18(13-15)25-14-20(24)23-21(19-7-4-12-26-19)16-8-10-17(22)11-9-16/h3-13,21H,2,14H2,1H3,(H,23,24). The molecule has 0 aliphatic carbocycles. The van der Waals surface area contributed by atoms with Crippen LogP contribution in [0.2, 0.25) is 0 Å². The van der Waals surface area contributed by atoms with Gasteiger partial charge in [-0.3, -0.25) is 4.79 Å². The van der Waals surface area contributed by atoms with E-state index in [4.69, 9.17) is 4.74 Å². The third-order valence-corrected chi connectivity index (χ3v) is 4.95. The predicted octanol–water partition coefficient (Wildman–Crippen LogP) is 4.73. The number of hydrogen-bond acceptors (Lipinski definition) is 3. The van der Waals surface area contributed by atoms with E-state index < -0.39 is 0 Å². The number of aryl methyl sites for hydroxylation is 1. The number of carbonyl (C=O) groups is 1. The van der Waals surface area contributed by atoms with Gasteiger partial charge in [-0.1, -0.05) is 37.3 Å². The molecule has 3 nitrogen and oxygen atoms in total. The van der Waals surface area contributed by atoms with E-state index in [2.05, 4.69) is 12.2 Å². The highest BCUT2D eigenvalue weighted by molar-refractivity contribution is 7.10. The van der Waals surface area contributed by atoms with Crippen molar-refractivity contribution in [1.29, 1.82) is 0 Å². The summed E-state index contributed by atoms with van der Waals surface area (Å²) in [7, 11) is 0. The first-order valence-corrected chi connectivity index (χ1v) is 9.33. The minimum absolute atomic E-state index is 0.0732. The zero-order valence-electron chi connectivity index (χ0n) is 14.4. The van der Waals surface area contributed by atoms with Crippen LogP contribution >= 0.6 is 11.3 Å². The van der Waals surface area contributed by atoms with Gasteiger partial charge in [-0.2, -0.15) is 0 Å². The topological polar surface area (TPSA) is 38.3 Å². The molecule has 1 aromatic heterocycles. The summed E-state index contributed by atoms with van der Waals surface area (Å²) in [6, 6.07) is 17.4. The highest BCUT2D eigenvalue weighted by atomic mass is 32.1. The van der Waals surface area contributed by atoms with E-state index in [0.29, 0.717) is 5.75 Å². The number of rotatable bonds is 7. The van der Waals surface area contributed by atoms with E-state index in [1.807, 2.05) is 41.8 Å². The molecule has 1 unspecified atom stereocenters. The molecule has 0 radical (unpaired) electrons.